The zero-order valence-electron chi connectivity index (χ0n) is 10.1. The molecule has 1 rings (SSSR count). The minimum absolute atomic E-state index is 0.0455. The van der Waals surface area contributed by atoms with Gasteiger partial charge in [-0.25, -0.2) is 0 Å². The number of amides is 1. The van der Waals surface area contributed by atoms with Crippen molar-refractivity contribution in [3.05, 3.63) is 20.8 Å². The number of carbonyl (C=O) groups excluding carboxylic acids is 1. The van der Waals surface area contributed by atoms with Crippen LogP contribution in [0.1, 0.15) is 19.4 Å². The molecule has 92 valence electrons. The van der Waals surface area contributed by atoms with Crippen molar-refractivity contribution < 1.29 is 4.79 Å². The first-order valence-corrected chi connectivity index (χ1v) is 7.00. The fraction of sp³-hybridized carbons (Fsp3) is 0.500. The van der Waals surface area contributed by atoms with Crippen molar-refractivity contribution in [2.24, 2.45) is 11.8 Å². The Morgan fingerprint density at radius 1 is 1.65 bits per heavy atom. The molecule has 0 aliphatic rings. The summed E-state index contributed by atoms with van der Waals surface area (Å²) in [5, 5.41) is 11.0. The van der Waals surface area contributed by atoms with Crippen LogP contribution >= 0.6 is 27.3 Å². The van der Waals surface area contributed by atoms with E-state index in [1.807, 2.05) is 25.3 Å². The Kier molecular flexibility index (Phi) is 5.16. The summed E-state index contributed by atoms with van der Waals surface area (Å²) < 4.78 is 1.05. The van der Waals surface area contributed by atoms with E-state index in [2.05, 4.69) is 22.0 Å². The van der Waals surface area contributed by atoms with Crippen LogP contribution in [0, 0.1) is 23.2 Å². The molecule has 1 aromatic heterocycles. The molecule has 5 heteroatoms. The maximum Gasteiger partial charge on any atom is 0.240 e. The lowest BCUT2D eigenvalue weighted by molar-refractivity contribution is -0.134. The largest absolute Gasteiger partial charge is 0.340 e. The Bertz CT molecular complexity index is 436. The van der Waals surface area contributed by atoms with Crippen LogP contribution in [-0.2, 0) is 11.3 Å². The zero-order chi connectivity index (χ0) is 13.0. The molecule has 0 aromatic carbocycles. The molecule has 0 aliphatic carbocycles. The molecule has 1 unspecified atom stereocenters. The van der Waals surface area contributed by atoms with Crippen LogP contribution in [0.2, 0.25) is 0 Å². The summed E-state index contributed by atoms with van der Waals surface area (Å²) in [4.78, 5) is 13.6. The van der Waals surface area contributed by atoms with E-state index >= 15 is 0 Å². The van der Waals surface area contributed by atoms with Gasteiger partial charge in [-0.15, -0.1) is 11.3 Å². The molecule has 0 saturated carbocycles. The lowest BCUT2D eigenvalue weighted by Crippen LogP contribution is -2.34. The molecule has 0 spiro atoms. The minimum Gasteiger partial charge on any atom is -0.340 e. The lowest BCUT2D eigenvalue weighted by atomic mass is 9.96. The van der Waals surface area contributed by atoms with Gasteiger partial charge in [-0.2, -0.15) is 5.26 Å². The second-order valence-electron chi connectivity index (χ2n) is 4.30. The van der Waals surface area contributed by atoms with Crippen LogP contribution in [-0.4, -0.2) is 17.9 Å². The van der Waals surface area contributed by atoms with E-state index in [-0.39, 0.29) is 11.8 Å². The van der Waals surface area contributed by atoms with E-state index in [0.29, 0.717) is 6.54 Å². The summed E-state index contributed by atoms with van der Waals surface area (Å²) in [6.07, 6.45) is 0. The quantitative estimate of drug-likeness (QED) is 0.856. The van der Waals surface area contributed by atoms with Gasteiger partial charge in [0.2, 0.25) is 5.91 Å². The first-order valence-electron chi connectivity index (χ1n) is 5.33. The van der Waals surface area contributed by atoms with Gasteiger partial charge in [-0.1, -0.05) is 13.8 Å². The molecular formula is C12H15BrN2OS. The van der Waals surface area contributed by atoms with Gasteiger partial charge in [-0.3, -0.25) is 4.79 Å². The molecule has 3 nitrogen and oxygen atoms in total. The molecule has 0 saturated heterocycles. The third-order valence-electron chi connectivity index (χ3n) is 2.49. The van der Waals surface area contributed by atoms with Gasteiger partial charge in [0.1, 0.15) is 5.92 Å². The molecule has 1 aromatic rings. The monoisotopic (exact) mass is 314 g/mol. The Hall–Kier alpha value is -0.860. The van der Waals surface area contributed by atoms with Crippen LogP contribution in [0.15, 0.2) is 15.2 Å². The molecule has 1 amide bonds. The Morgan fingerprint density at radius 2 is 2.29 bits per heavy atom. The number of halogens is 1. The van der Waals surface area contributed by atoms with E-state index in [1.165, 1.54) is 0 Å². The van der Waals surface area contributed by atoms with Gasteiger partial charge in [-0.05, 0) is 38.9 Å². The maximum atomic E-state index is 12.0. The molecule has 17 heavy (non-hydrogen) atoms. The predicted molar refractivity (Wildman–Crippen MR) is 72.4 cm³/mol. The molecule has 0 fully saturated rings. The Labute approximate surface area is 114 Å². The summed E-state index contributed by atoms with van der Waals surface area (Å²) in [6.45, 7) is 4.33. The normalized spacial score (nSPS) is 12.2. The van der Waals surface area contributed by atoms with E-state index in [4.69, 9.17) is 5.26 Å². The average Bonchev–Trinajstić information content (AvgIpc) is 2.64. The van der Waals surface area contributed by atoms with Crippen molar-refractivity contribution in [1.29, 1.82) is 5.26 Å². The summed E-state index contributed by atoms with van der Waals surface area (Å²) in [7, 11) is 1.74. The first-order chi connectivity index (χ1) is 7.95. The van der Waals surface area contributed by atoms with Crippen LogP contribution in [0.5, 0.6) is 0 Å². The van der Waals surface area contributed by atoms with E-state index in [0.717, 1.165) is 9.35 Å². The van der Waals surface area contributed by atoms with Gasteiger partial charge in [0.15, 0.2) is 0 Å². The highest BCUT2D eigenvalue weighted by atomic mass is 79.9. The average molecular weight is 315 g/mol. The SMILES string of the molecule is CC(C)C(C#N)C(=O)N(C)Cc1csc(Br)c1. The Morgan fingerprint density at radius 3 is 2.71 bits per heavy atom. The maximum absolute atomic E-state index is 12.0. The zero-order valence-corrected chi connectivity index (χ0v) is 12.5. The fourth-order valence-corrected chi connectivity index (χ4v) is 2.71. The molecule has 1 atom stereocenters. The molecule has 0 bridgehead atoms. The fourth-order valence-electron chi connectivity index (χ4n) is 1.51. The third kappa shape index (κ3) is 3.83. The number of thiophene rings is 1. The van der Waals surface area contributed by atoms with Crippen molar-refractivity contribution in [2.45, 2.75) is 20.4 Å². The molecule has 0 N–H and O–H groups in total. The van der Waals surface area contributed by atoms with Gasteiger partial charge in [0.05, 0.1) is 9.86 Å². The Balaban J connectivity index is 2.67. The minimum atomic E-state index is -0.554. The number of hydrogen-bond donors (Lipinski definition) is 0. The second kappa shape index (κ2) is 6.18. The van der Waals surface area contributed by atoms with Gasteiger partial charge in [0.25, 0.3) is 0 Å². The molecule has 0 radical (unpaired) electrons. The smallest absolute Gasteiger partial charge is 0.240 e. The van der Waals surface area contributed by atoms with Gasteiger partial charge < -0.3 is 4.90 Å². The number of nitriles is 1. The lowest BCUT2D eigenvalue weighted by Gasteiger charge is -2.21. The highest BCUT2D eigenvalue weighted by molar-refractivity contribution is 9.11. The molecule has 0 aliphatic heterocycles. The predicted octanol–water partition coefficient (Wildman–Crippen LogP) is 3.26. The van der Waals surface area contributed by atoms with Crippen LogP contribution in [0.25, 0.3) is 0 Å². The highest BCUT2D eigenvalue weighted by Crippen LogP contribution is 2.22. The summed E-state index contributed by atoms with van der Waals surface area (Å²) >= 11 is 4.98. The van der Waals surface area contributed by atoms with Gasteiger partial charge >= 0.3 is 0 Å². The highest BCUT2D eigenvalue weighted by Gasteiger charge is 2.24. The summed E-state index contributed by atoms with van der Waals surface area (Å²) in [5.41, 5.74) is 1.08. The van der Waals surface area contributed by atoms with Crippen molar-refractivity contribution in [1.82, 2.24) is 4.90 Å². The second-order valence-corrected chi connectivity index (χ2v) is 6.59. The number of rotatable bonds is 4. The van der Waals surface area contributed by atoms with Gasteiger partial charge in [0, 0.05) is 13.6 Å². The van der Waals surface area contributed by atoms with Crippen LogP contribution in [0.3, 0.4) is 0 Å². The van der Waals surface area contributed by atoms with Crippen molar-refractivity contribution in [2.75, 3.05) is 7.05 Å². The molecule has 1 heterocycles. The van der Waals surface area contributed by atoms with E-state index < -0.39 is 5.92 Å². The van der Waals surface area contributed by atoms with E-state index in [1.54, 1.807) is 23.3 Å². The summed E-state index contributed by atoms with van der Waals surface area (Å²) in [5.74, 6) is -0.615. The summed E-state index contributed by atoms with van der Waals surface area (Å²) in [6, 6.07) is 4.07. The first kappa shape index (κ1) is 14.2. The van der Waals surface area contributed by atoms with Crippen molar-refractivity contribution in [3.8, 4) is 6.07 Å². The number of nitrogens with zero attached hydrogens (tertiary/aromatic N) is 2. The third-order valence-corrected chi connectivity index (χ3v) is 4.04. The van der Waals surface area contributed by atoms with Crippen LogP contribution < -0.4 is 0 Å². The number of carbonyl (C=O) groups is 1. The van der Waals surface area contributed by atoms with Crippen LogP contribution in [0.4, 0.5) is 0 Å². The standard InChI is InChI=1S/C12H15BrN2OS/c1-8(2)10(5-14)12(16)15(3)6-9-4-11(13)17-7-9/h4,7-8,10H,6H2,1-3H3. The van der Waals surface area contributed by atoms with E-state index in [9.17, 15) is 4.79 Å². The molecular weight excluding hydrogens is 300 g/mol. The number of hydrogen-bond acceptors (Lipinski definition) is 3. The van der Waals surface area contributed by atoms with Crippen molar-refractivity contribution >= 4 is 33.2 Å². The van der Waals surface area contributed by atoms with Crippen molar-refractivity contribution in [3.63, 3.8) is 0 Å². The topological polar surface area (TPSA) is 44.1 Å².